The molecule has 3 aromatic rings. The van der Waals surface area contributed by atoms with Crippen molar-refractivity contribution in [1.29, 1.82) is 0 Å². The number of thioether (sulfide) groups is 1. The van der Waals surface area contributed by atoms with Crippen molar-refractivity contribution in [2.24, 2.45) is 17.8 Å². The highest BCUT2D eigenvalue weighted by molar-refractivity contribution is 8.02. The normalized spacial score (nSPS) is 26.5. The Morgan fingerprint density at radius 3 is 1.91 bits per heavy atom. The molecular formula is C39H43N3O4S. The lowest BCUT2D eigenvalue weighted by Crippen LogP contribution is -2.58. The molecule has 3 unspecified atom stereocenters. The smallest absolute Gasteiger partial charge is 0.247 e. The van der Waals surface area contributed by atoms with Crippen LogP contribution in [0.4, 0.5) is 0 Å². The molecular weight excluding hydrogens is 607 g/mol. The van der Waals surface area contributed by atoms with Crippen LogP contribution in [0, 0.1) is 17.8 Å². The molecule has 1 N–H and O–H groups in total. The maximum Gasteiger partial charge on any atom is 0.247 e. The molecule has 8 heteroatoms. The van der Waals surface area contributed by atoms with E-state index in [2.05, 4.69) is 20.1 Å². The third-order valence-corrected chi connectivity index (χ3v) is 12.2. The van der Waals surface area contributed by atoms with Gasteiger partial charge < -0.3 is 19.8 Å². The van der Waals surface area contributed by atoms with Crippen molar-refractivity contribution in [3.05, 3.63) is 133 Å². The molecule has 3 aromatic carbocycles. The van der Waals surface area contributed by atoms with E-state index in [4.69, 9.17) is 0 Å². The Balaban J connectivity index is 1.44. The Morgan fingerprint density at radius 1 is 0.894 bits per heavy atom. The summed E-state index contributed by atoms with van der Waals surface area (Å²) in [5, 5.41) is 10.8. The van der Waals surface area contributed by atoms with Gasteiger partial charge in [0.2, 0.25) is 17.7 Å². The fourth-order valence-corrected chi connectivity index (χ4v) is 10.5. The number of fused-ring (bicyclic) bond motifs is 1. The van der Waals surface area contributed by atoms with Gasteiger partial charge in [-0.05, 0) is 29.0 Å². The number of nitrogens with zero attached hydrogens (tertiary/aromatic N) is 3. The van der Waals surface area contributed by atoms with Gasteiger partial charge in [-0.3, -0.25) is 14.4 Å². The zero-order valence-electron chi connectivity index (χ0n) is 26.9. The molecule has 1 spiro atoms. The van der Waals surface area contributed by atoms with Crippen molar-refractivity contribution >= 4 is 29.5 Å². The zero-order valence-corrected chi connectivity index (χ0v) is 27.7. The van der Waals surface area contributed by atoms with E-state index in [1.54, 1.807) is 38.6 Å². The average Bonchev–Trinajstić information content (AvgIpc) is 3.69. The second-order valence-electron chi connectivity index (χ2n) is 12.9. The highest BCUT2D eigenvalue weighted by Crippen LogP contribution is 2.69. The van der Waals surface area contributed by atoms with Crippen LogP contribution in [0.3, 0.4) is 0 Å². The van der Waals surface area contributed by atoms with Crippen molar-refractivity contribution < 1.29 is 19.5 Å². The van der Waals surface area contributed by atoms with Crippen LogP contribution in [-0.2, 0) is 27.5 Å². The Bertz CT molecular complexity index is 1600. The molecule has 7 nitrogen and oxygen atoms in total. The van der Waals surface area contributed by atoms with Gasteiger partial charge in [0.15, 0.2) is 0 Å². The molecule has 3 aliphatic heterocycles. The SMILES string of the molecule is C=CCN(Cc1ccccc1)C(=O)C1N([C@H](CO)c2ccccc2)C(=O)[C@@H]2[C@@H](C(=O)N(CC=C)Cc3ccccc3)[C@H]3CC(C)C12S3. The second kappa shape index (κ2) is 13.9. The Kier molecular flexibility index (Phi) is 9.71. The minimum absolute atomic E-state index is 0.00569. The van der Waals surface area contributed by atoms with E-state index in [-0.39, 0.29) is 35.5 Å². The Hall–Kier alpha value is -4.14. The monoisotopic (exact) mass is 649 g/mol. The number of carbonyl (C=O) groups is 3. The molecule has 0 aliphatic carbocycles. The van der Waals surface area contributed by atoms with Gasteiger partial charge in [-0.15, -0.1) is 24.9 Å². The van der Waals surface area contributed by atoms with Crippen LogP contribution in [-0.4, -0.2) is 73.3 Å². The minimum atomic E-state index is -0.870. The van der Waals surface area contributed by atoms with E-state index in [0.717, 1.165) is 23.1 Å². The molecule has 47 heavy (non-hydrogen) atoms. The molecule has 6 rings (SSSR count). The molecule has 3 fully saturated rings. The predicted octanol–water partition coefficient (Wildman–Crippen LogP) is 5.49. The van der Waals surface area contributed by atoms with Crippen LogP contribution in [0.2, 0.25) is 0 Å². The van der Waals surface area contributed by atoms with Gasteiger partial charge in [0.25, 0.3) is 0 Å². The van der Waals surface area contributed by atoms with Crippen LogP contribution in [0.1, 0.15) is 36.1 Å². The van der Waals surface area contributed by atoms with Gasteiger partial charge >= 0.3 is 0 Å². The third kappa shape index (κ3) is 5.82. The standard InChI is InChI=1S/C39H43N3O4S/c1-4-21-40(24-28-15-9-6-10-16-28)36(44)33-32-23-27(3)39(47-32)34(33)37(45)42(31(26-43)30-19-13-8-14-20-30)35(39)38(46)41(22-5-2)25-29-17-11-7-12-18-29/h4-20,27,31-35,43H,1-2,21-26H2,3H3/t27?,31-,32-,33+,34+,35?,39?/m1/s1. The van der Waals surface area contributed by atoms with E-state index >= 15 is 9.59 Å². The Morgan fingerprint density at radius 2 is 1.40 bits per heavy atom. The van der Waals surface area contributed by atoms with Gasteiger partial charge in [-0.1, -0.05) is 110 Å². The van der Waals surface area contributed by atoms with Crippen LogP contribution in [0.5, 0.6) is 0 Å². The van der Waals surface area contributed by atoms with Gasteiger partial charge in [-0.2, -0.15) is 0 Å². The zero-order chi connectivity index (χ0) is 33.1. The molecule has 3 aliphatic rings. The summed E-state index contributed by atoms with van der Waals surface area (Å²) in [6.45, 7) is 11.0. The van der Waals surface area contributed by atoms with Crippen molar-refractivity contribution in [2.75, 3.05) is 19.7 Å². The number of amides is 3. The summed E-state index contributed by atoms with van der Waals surface area (Å²) in [5.41, 5.74) is 2.72. The maximum absolute atomic E-state index is 15.1. The predicted molar refractivity (Wildman–Crippen MR) is 186 cm³/mol. The highest BCUT2D eigenvalue weighted by atomic mass is 32.2. The van der Waals surface area contributed by atoms with Crippen molar-refractivity contribution in [1.82, 2.24) is 14.7 Å². The molecule has 7 atom stereocenters. The van der Waals surface area contributed by atoms with Crippen LogP contribution in [0.15, 0.2) is 116 Å². The van der Waals surface area contributed by atoms with Crippen LogP contribution >= 0.6 is 11.8 Å². The average molecular weight is 650 g/mol. The van der Waals surface area contributed by atoms with E-state index < -0.39 is 28.7 Å². The highest BCUT2D eigenvalue weighted by Gasteiger charge is 2.77. The fourth-order valence-electron chi connectivity index (χ4n) is 8.15. The van der Waals surface area contributed by atoms with Gasteiger partial charge in [-0.25, -0.2) is 0 Å². The first-order valence-electron chi connectivity index (χ1n) is 16.4. The summed E-state index contributed by atoms with van der Waals surface area (Å²) in [7, 11) is 0. The van der Waals surface area contributed by atoms with E-state index in [0.29, 0.717) is 26.2 Å². The molecule has 0 saturated carbocycles. The quantitative estimate of drug-likeness (QED) is 0.248. The first-order valence-corrected chi connectivity index (χ1v) is 17.3. The number of likely N-dealkylation sites (tertiary alicyclic amines) is 1. The van der Waals surface area contributed by atoms with Crippen molar-refractivity contribution in [3.8, 4) is 0 Å². The number of benzene rings is 3. The minimum Gasteiger partial charge on any atom is -0.394 e. The summed E-state index contributed by atoms with van der Waals surface area (Å²) >= 11 is 1.65. The van der Waals surface area contributed by atoms with Crippen LogP contribution in [0.25, 0.3) is 0 Å². The molecule has 3 heterocycles. The first kappa shape index (κ1) is 32.8. The van der Waals surface area contributed by atoms with Gasteiger partial charge in [0.1, 0.15) is 6.04 Å². The largest absolute Gasteiger partial charge is 0.394 e. The summed E-state index contributed by atoms with van der Waals surface area (Å²) in [6.07, 6.45) is 4.16. The Labute approximate surface area is 281 Å². The molecule has 2 bridgehead atoms. The molecule has 3 amide bonds. The molecule has 3 saturated heterocycles. The summed E-state index contributed by atoms with van der Waals surface area (Å²) < 4.78 is -0.829. The second-order valence-corrected chi connectivity index (χ2v) is 14.4. The van der Waals surface area contributed by atoms with Gasteiger partial charge in [0.05, 0.1) is 29.2 Å². The van der Waals surface area contributed by atoms with Crippen molar-refractivity contribution in [2.45, 2.75) is 48.5 Å². The van der Waals surface area contributed by atoms with Crippen molar-refractivity contribution in [3.63, 3.8) is 0 Å². The maximum atomic E-state index is 15.1. The van der Waals surface area contributed by atoms with Crippen LogP contribution < -0.4 is 0 Å². The fraction of sp³-hybridized carbons (Fsp3) is 0.359. The van der Waals surface area contributed by atoms with E-state index in [1.165, 1.54) is 0 Å². The summed E-state index contributed by atoms with van der Waals surface area (Å²) in [6, 6.07) is 27.4. The summed E-state index contributed by atoms with van der Waals surface area (Å²) in [4.78, 5) is 49.9. The lowest BCUT2D eigenvalue weighted by Gasteiger charge is -2.42. The lowest BCUT2D eigenvalue weighted by atomic mass is 9.65. The number of aliphatic hydroxyl groups excluding tert-OH is 1. The first-order chi connectivity index (χ1) is 22.8. The number of rotatable bonds is 13. The molecule has 244 valence electrons. The summed E-state index contributed by atoms with van der Waals surface area (Å²) in [5.74, 6) is -1.80. The van der Waals surface area contributed by atoms with Gasteiger partial charge in [0, 0.05) is 31.4 Å². The third-order valence-electron chi connectivity index (χ3n) is 10.2. The molecule has 0 radical (unpaired) electrons. The lowest BCUT2D eigenvalue weighted by molar-refractivity contribution is -0.147. The number of hydrogen-bond donors (Lipinski definition) is 1. The van der Waals surface area contributed by atoms with E-state index in [1.807, 2.05) is 91.0 Å². The number of hydrogen-bond acceptors (Lipinski definition) is 5. The number of aliphatic hydroxyl groups is 1. The van der Waals surface area contributed by atoms with E-state index in [9.17, 15) is 9.90 Å². The number of carbonyl (C=O) groups excluding carboxylic acids is 3. The topological polar surface area (TPSA) is 81.2 Å². The molecule has 0 aromatic heterocycles.